The van der Waals surface area contributed by atoms with Gasteiger partial charge in [-0.1, -0.05) is 154 Å². The van der Waals surface area contributed by atoms with E-state index < -0.39 is 51.1 Å². The number of nitrogens with two attached hydrogens (primary N) is 1. The number of hydrogen-bond acceptors (Lipinski definition) is 9. The Morgan fingerprint density at radius 1 is 0.588 bits per heavy atom. The summed E-state index contributed by atoms with van der Waals surface area (Å²) in [6.07, 6.45) is 32.8. The number of phosphoric acid groups is 1. The summed E-state index contributed by atoms with van der Waals surface area (Å²) in [5.74, 6) is -2.38. The molecule has 0 saturated heterocycles. The fourth-order valence-corrected chi connectivity index (χ4v) is 6.29. The molecule has 0 aliphatic heterocycles. The maximum Gasteiger partial charge on any atom is 0.472 e. The molecule has 3 atom stereocenters. The first kappa shape index (κ1) is 49.2. The maximum atomic E-state index is 12.5. The van der Waals surface area contributed by atoms with E-state index in [4.69, 9.17) is 24.8 Å². The Morgan fingerprint density at radius 3 is 1.49 bits per heavy atom. The fraction of sp³-hybridized carbons (Fsp3) is 0.872. The first-order valence-electron chi connectivity index (χ1n) is 20.2. The van der Waals surface area contributed by atoms with Crippen LogP contribution < -0.4 is 5.73 Å². The number of esters is 2. The lowest BCUT2D eigenvalue weighted by Crippen LogP contribution is -2.34. The molecular weight excluding hydrogens is 673 g/mol. The average molecular weight is 748 g/mol. The molecule has 51 heavy (non-hydrogen) atoms. The summed E-state index contributed by atoms with van der Waals surface area (Å²) in [4.78, 5) is 45.8. The van der Waals surface area contributed by atoms with Crippen molar-refractivity contribution >= 4 is 25.7 Å². The van der Waals surface area contributed by atoms with E-state index in [0.717, 1.165) is 57.8 Å². The molecule has 0 aromatic heterocycles. The Hall–Kier alpha value is -1.78. The third-order valence-corrected chi connectivity index (χ3v) is 9.71. The molecule has 12 heteroatoms. The summed E-state index contributed by atoms with van der Waals surface area (Å²) in [5.41, 5.74) is 5.32. The minimum absolute atomic E-state index is 0.154. The Kier molecular flexibility index (Phi) is 34.0. The molecular formula is C39H74NO10P. The molecule has 0 heterocycles. The van der Waals surface area contributed by atoms with Gasteiger partial charge in [0, 0.05) is 12.8 Å². The Balaban J connectivity index is 4.35. The van der Waals surface area contributed by atoms with Crippen LogP contribution in [0.1, 0.15) is 187 Å². The van der Waals surface area contributed by atoms with Gasteiger partial charge in [-0.05, 0) is 32.1 Å². The van der Waals surface area contributed by atoms with Crippen molar-refractivity contribution in [2.45, 2.75) is 199 Å². The molecule has 0 aliphatic carbocycles. The predicted molar refractivity (Wildman–Crippen MR) is 203 cm³/mol. The predicted octanol–water partition coefficient (Wildman–Crippen LogP) is 10.1. The van der Waals surface area contributed by atoms with E-state index in [1.165, 1.54) is 89.9 Å². The van der Waals surface area contributed by atoms with E-state index in [2.05, 4.69) is 30.5 Å². The van der Waals surface area contributed by atoms with Crippen LogP contribution in [0.25, 0.3) is 0 Å². The van der Waals surface area contributed by atoms with Gasteiger partial charge in [-0.2, -0.15) is 0 Å². The van der Waals surface area contributed by atoms with Crippen molar-refractivity contribution in [1.82, 2.24) is 0 Å². The van der Waals surface area contributed by atoms with Gasteiger partial charge in [-0.15, -0.1) is 0 Å². The number of ether oxygens (including phenoxy) is 2. The maximum absolute atomic E-state index is 12.5. The van der Waals surface area contributed by atoms with Crippen LogP contribution in [0.5, 0.6) is 0 Å². The van der Waals surface area contributed by atoms with Crippen LogP contribution in [0, 0.1) is 0 Å². The van der Waals surface area contributed by atoms with E-state index in [-0.39, 0.29) is 19.4 Å². The first-order valence-corrected chi connectivity index (χ1v) is 21.7. The van der Waals surface area contributed by atoms with Crippen molar-refractivity contribution < 1.29 is 47.5 Å². The van der Waals surface area contributed by atoms with Crippen molar-refractivity contribution in [1.29, 1.82) is 0 Å². The van der Waals surface area contributed by atoms with E-state index in [1.54, 1.807) is 0 Å². The Labute approximate surface area is 309 Å². The normalized spacial score (nSPS) is 14.0. The largest absolute Gasteiger partial charge is 0.480 e. The minimum Gasteiger partial charge on any atom is -0.480 e. The molecule has 0 amide bonds. The van der Waals surface area contributed by atoms with Gasteiger partial charge >= 0.3 is 25.7 Å². The summed E-state index contributed by atoms with van der Waals surface area (Å²) in [7, 11) is -4.71. The SMILES string of the molecule is CCCC/C=C\CCCCCCCC(=O)O[C@H](COC(=O)CCCCCCCCCCCCCCCCCC)COP(=O)(O)OC[C@H](N)C(=O)O. The van der Waals surface area contributed by atoms with Gasteiger partial charge in [0.1, 0.15) is 12.6 Å². The van der Waals surface area contributed by atoms with Gasteiger partial charge in [0.05, 0.1) is 13.2 Å². The number of unbranched alkanes of at least 4 members (excludes halogenated alkanes) is 22. The molecule has 0 rings (SSSR count). The van der Waals surface area contributed by atoms with E-state index >= 15 is 0 Å². The van der Waals surface area contributed by atoms with Crippen LogP contribution in [0.15, 0.2) is 12.2 Å². The molecule has 1 unspecified atom stereocenters. The van der Waals surface area contributed by atoms with Crippen molar-refractivity contribution in [3.8, 4) is 0 Å². The molecule has 0 aromatic carbocycles. The zero-order valence-corrected chi connectivity index (χ0v) is 33.1. The zero-order chi connectivity index (χ0) is 37.8. The third-order valence-electron chi connectivity index (χ3n) is 8.76. The molecule has 4 N–H and O–H groups in total. The molecule has 0 aliphatic rings. The van der Waals surface area contributed by atoms with Crippen LogP contribution in [0.3, 0.4) is 0 Å². The van der Waals surface area contributed by atoms with Crippen molar-refractivity contribution in [3.63, 3.8) is 0 Å². The third kappa shape index (κ3) is 35.0. The summed E-state index contributed by atoms with van der Waals surface area (Å²) in [6, 6.07) is -1.52. The molecule has 0 saturated carbocycles. The monoisotopic (exact) mass is 748 g/mol. The second-order valence-corrected chi connectivity index (χ2v) is 15.2. The highest BCUT2D eigenvalue weighted by Gasteiger charge is 2.28. The van der Waals surface area contributed by atoms with Crippen LogP contribution in [-0.4, -0.2) is 59.9 Å². The lowest BCUT2D eigenvalue weighted by Gasteiger charge is -2.20. The fourth-order valence-electron chi connectivity index (χ4n) is 5.52. The van der Waals surface area contributed by atoms with E-state index in [0.29, 0.717) is 12.8 Å². The average Bonchev–Trinajstić information content (AvgIpc) is 3.10. The van der Waals surface area contributed by atoms with Crippen LogP contribution in [-0.2, 0) is 37.5 Å². The number of carbonyl (C=O) groups is 3. The number of hydrogen-bond donors (Lipinski definition) is 3. The number of carboxylic acids is 1. The van der Waals surface area contributed by atoms with Crippen molar-refractivity contribution in [2.75, 3.05) is 19.8 Å². The summed E-state index contributed by atoms with van der Waals surface area (Å²) >= 11 is 0. The van der Waals surface area contributed by atoms with Gasteiger partial charge in [-0.25, -0.2) is 4.57 Å². The van der Waals surface area contributed by atoms with Crippen LogP contribution >= 0.6 is 7.82 Å². The van der Waals surface area contributed by atoms with Gasteiger partial charge in [-0.3, -0.25) is 23.4 Å². The lowest BCUT2D eigenvalue weighted by atomic mass is 10.0. The molecule has 0 spiro atoms. The summed E-state index contributed by atoms with van der Waals surface area (Å²) in [6.45, 7) is 2.75. The quantitative estimate of drug-likeness (QED) is 0.0237. The van der Waals surface area contributed by atoms with Crippen molar-refractivity contribution in [2.24, 2.45) is 5.73 Å². The summed E-state index contributed by atoms with van der Waals surface area (Å²) in [5, 5.41) is 8.86. The molecule has 0 aromatic rings. The molecule has 11 nitrogen and oxygen atoms in total. The van der Waals surface area contributed by atoms with Gasteiger partial charge in [0.2, 0.25) is 0 Å². The second kappa shape index (κ2) is 35.3. The lowest BCUT2D eigenvalue weighted by molar-refractivity contribution is -0.161. The molecule has 0 fully saturated rings. The van der Waals surface area contributed by atoms with Gasteiger partial charge in [0.25, 0.3) is 0 Å². The smallest absolute Gasteiger partial charge is 0.472 e. The number of carbonyl (C=O) groups excluding carboxylic acids is 2. The molecule has 300 valence electrons. The second-order valence-electron chi connectivity index (χ2n) is 13.8. The number of aliphatic carboxylic acids is 1. The van der Waals surface area contributed by atoms with Crippen LogP contribution in [0.4, 0.5) is 0 Å². The standard InChI is InChI=1S/C39H74NO10P/c1-3-5-7-9-11-13-15-16-17-18-19-21-22-24-26-28-30-37(41)47-32-35(33-48-51(45,46)49-34-36(40)39(43)44)50-38(42)31-29-27-25-23-20-14-12-10-8-6-4-2/h10,12,35-36H,3-9,11,13-34,40H2,1-2H3,(H,43,44)(H,45,46)/b12-10-/t35-,36+/m1/s1. The van der Waals surface area contributed by atoms with Gasteiger partial charge < -0.3 is 25.2 Å². The number of allylic oxidation sites excluding steroid dienone is 2. The highest BCUT2D eigenvalue weighted by atomic mass is 31.2. The highest BCUT2D eigenvalue weighted by molar-refractivity contribution is 7.47. The van der Waals surface area contributed by atoms with Crippen molar-refractivity contribution in [3.05, 3.63) is 12.2 Å². The number of phosphoric ester groups is 1. The molecule has 0 radical (unpaired) electrons. The zero-order valence-electron chi connectivity index (χ0n) is 32.2. The van der Waals surface area contributed by atoms with E-state index in [1.807, 2.05) is 0 Å². The first-order chi connectivity index (χ1) is 24.6. The number of rotatable bonds is 38. The minimum atomic E-state index is -4.71. The van der Waals surface area contributed by atoms with Gasteiger partial charge in [0.15, 0.2) is 6.10 Å². The Bertz CT molecular complexity index is 932. The van der Waals surface area contributed by atoms with E-state index in [9.17, 15) is 23.8 Å². The Morgan fingerprint density at radius 2 is 1.00 bits per heavy atom. The highest BCUT2D eigenvalue weighted by Crippen LogP contribution is 2.43. The summed E-state index contributed by atoms with van der Waals surface area (Å²) < 4.78 is 32.6. The molecule has 0 bridgehead atoms. The number of carboxylic acid groups (broad SMARTS) is 1. The van der Waals surface area contributed by atoms with Crippen LogP contribution in [0.2, 0.25) is 0 Å². The topological polar surface area (TPSA) is 172 Å².